The van der Waals surface area contributed by atoms with Gasteiger partial charge in [0, 0.05) is 152 Å². The Morgan fingerprint density at radius 3 is 1.44 bits per heavy atom. The van der Waals surface area contributed by atoms with Crippen molar-refractivity contribution in [3.63, 3.8) is 0 Å². The van der Waals surface area contributed by atoms with Crippen LogP contribution in [0.1, 0.15) is 213 Å². The summed E-state index contributed by atoms with van der Waals surface area (Å²) in [5, 5.41) is 52.2. The fourth-order valence-corrected chi connectivity index (χ4v) is 22.5. The van der Waals surface area contributed by atoms with Crippen LogP contribution >= 0.6 is 46.4 Å². The predicted molar refractivity (Wildman–Crippen MR) is 576 cm³/mol. The van der Waals surface area contributed by atoms with Crippen molar-refractivity contribution < 1.29 is 43.3 Å². The lowest BCUT2D eigenvalue weighted by Gasteiger charge is -2.44. The molecule has 2 amide bonds. The highest BCUT2D eigenvalue weighted by molar-refractivity contribution is 6.31. The Balaban J connectivity index is 0.000000143. The van der Waals surface area contributed by atoms with Crippen LogP contribution in [0.25, 0.3) is 11.0 Å². The Bertz CT molecular complexity index is 5530. The van der Waals surface area contributed by atoms with Crippen molar-refractivity contribution in [3.05, 3.63) is 283 Å². The molecule has 2 unspecified atom stereocenters. The number of halogens is 6. The number of benzene rings is 8. The van der Waals surface area contributed by atoms with Gasteiger partial charge in [-0.3, -0.25) is 9.59 Å². The van der Waals surface area contributed by atoms with E-state index in [1.807, 2.05) is 134 Å². The molecule has 12 heterocycles. The molecule has 1 spiro atoms. The number of aliphatic hydroxyl groups is 3. The number of fused-ring (bicyclic) bond motifs is 3. The molecule has 9 fully saturated rings. The minimum absolute atomic E-state index is 0.0659. The van der Waals surface area contributed by atoms with E-state index in [9.17, 15) is 38.8 Å². The van der Waals surface area contributed by atoms with Crippen molar-refractivity contribution in [2.45, 2.75) is 214 Å². The van der Waals surface area contributed by atoms with Crippen LogP contribution in [0.2, 0.25) is 20.1 Å². The molecule has 0 radical (unpaired) electrons. The van der Waals surface area contributed by atoms with Gasteiger partial charge in [-0.15, -0.1) is 0 Å². The summed E-state index contributed by atoms with van der Waals surface area (Å²) in [7, 11) is 19.2. The molecule has 9 saturated heterocycles. The molecule has 8 aromatic carbocycles. The molecule has 772 valence electrons. The SMILES string of the molecule is CC(=O)N1CC2(CCN(C)CC2)c2ccccc21.CC(=O)NC1(c2cccc(F)c2)CCN(C)CC1.CN1CCC(O)(c2ccc(Cl)cc2)C1.CN1CCC(O)(c2ccc(Cl)cc2)CC1.CN1CCC(c2noc3cc(F)ccc23)CC1.CN1CCC(n2ccnc2)CC1.CN1CCC[C@@](O)(c2ccc(Cl)cc2)CC1.C[C@@H]1CC(c2ccc(Cl)cc2)C[C@H](C)N1C.C[C@@H]1CN(C)CC[C@@]1(C)c1cccc(O)c1. The minimum Gasteiger partial charge on any atom is -0.508 e. The second-order valence-corrected chi connectivity index (χ2v) is 44.4. The molecule has 0 bridgehead atoms. The molecule has 7 atom stereocenters. The molecule has 27 heteroatoms. The molecular weight excluding hydrogens is 1870 g/mol. The number of phenolic OH excluding ortho intramolecular Hbond substituents is 1. The second-order valence-electron chi connectivity index (χ2n) is 42.6. The van der Waals surface area contributed by atoms with Gasteiger partial charge in [0.25, 0.3) is 0 Å². The number of carbonyl (C=O) groups is 2. The van der Waals surface area contributed by atoms with E-state index in [-0.39, 0.29) is 34.3 Å². The first kappa shape index (κ1) is 112. The fourth-order valence-electron chi connectivity index (χ4n) is 22.0. The van der Waals surface area contributed by atoms with Crippen LogP contribution < -0.4 is 10.2 Å². The highest BCUT2D eigenvalue weighted by Crippen LogP contribution is 2.48. The highest BCUT2D eigenvalue weighted by Gasteiger charge is 2.46. The third-order valence-electron chi connectivity index (χ3n) is 32.0. The first-order chi connectivity index (χ1) is 67.6. The number of nitrogens with one attached hydrogen (secondary N) is 1. The van der Waals surface area contributed by atoms with E-state index in [1.54, 1.807) is 25.1 Å². The van der Waals surface area contributed by atoms with Crippen LogP contribution in [-0.4, -0.2) is 278 Å². The summed E-state index contributed by atoms with van der Waals surface area (Å²) in [5.41, 5.74) is 8.56. The maximum atomic E-state index is 13.4. The number of hydrogen-bond acceptors (Lipinski definition) is 18. The zero-order chi connectivity index (χ0) is 102. The van der Waals surface area contributed by atoms with Crippen LogP contribution in [-0.2, 0) is 42.8 Å². The van der Waals surface area contributed by atoms with Crippen molar-refractivity contribution >= 4 is 74.9 Å². The van der Waals surface area contributed by atoms with Gasteiger partial charge in [-0.1, -0.05) is 156 Å². The van der Waals surface area contributed by atoms with Gasteiger partial charge in [0.2, 0.25) is 11.8 Å². The summed E-state index contributed by atoms with van der Waals surface area (Å²) in [4.78, 5) is 50.1. The molecule has 142 heavy (non-hydrogen) atoms. The van der Waals surface area contributed by atoms with Gasteiger partial charge in [-0.2, -0.15) is 0 Å². The topological polar surface area (TPSA) is 203 Å². The molecule has 10 aromatic rings. The lowest BCUT2D eigenvalue weighted by atomic mass is 9.68. The number of piperidine rings is 7. The number of amides is 2. The average molecular weight is 2030 g/mol. The number of anilines is 1. The molecule has 20 rings (SSSR count). The summed E-state index contributed by atoms with van der Waals surface area (Å²) in [5.74, 6) is 1.70. The molecule has 2 aromatic heterocycles. The standard InChI is InChI=1S/C15H20N2O.C14H20ClN.C14H19FN2O.C14H21NO.C13H18ClNO.C13H15FN2O.C12H16ClNO.C11H14ClNO.C9H15N3/c1-12(18)17-11-15(7-9-16(2)10-8-15)13-5-3-4-6-14(13)17;1-10-8-13(9-11(2)16(10)3)12-4-6-14(15)7-5-12;1-11(18)16-14(6-8-17(2)9-7-14)12-4-3-5-13(15)10-12;1-11-10-15(3)8-7-14(11,2)12-5-4-6-13(16)9-12;1-15-9-2-7-13(16,8-10-15)11-3-5-12(14)6-4-11;1-16-6-4-9(5-7-16)13-11-3-2-10(14)8-12(11)17-15-13;1-14-8-6-12(15,7-9-14)10-2-4-11(13)5-3-10;1-13-7-6-11(14,8-13)9-2-4-10(12)5-3-9;1-11-5-2-9(3-6-11)12-7-4-10-8-12/h3-6H,7-11H2,1-2H3;4-7,10-11,13H,8-9H2,1-3H3;3-5,10H,6-9H2,1-2H3,(H,16,18);4-6,9,11,16H,7-8,10H2,1-3H3;3-6,16H,2,7-10H2,1H3;2-3,8-9H,4-7H2,1H3;2-5,15H,6-9H2,1H3;2-5,14H,6-8H2,1H3;4,7-9H,2-3,5-6H2,1H3/t;10-,11+,13?;;11-,14-;13-;;;;/m...10..../s1. The van der Waals surface area contributed by atoms with Gasteiger partial charge in [0.15, 0.2) is 5.58 Å². The van der Waals surface area contributed by atoms with E-state index in [1.165, 1.54) is 86.7 Å². The van der Waals surface area contributed by atoms with Crippen molar-refractivity contribution in [2.75, 3.05) is 180 Å². The predicted octanol–water partition coefficient (Wildman–Crippen LogP) is 21.1. The number of β-amino-alcohol motifs (C(OH)–C–C–N with tert-alkyl or cyclic N) is 1. The number of likely N-dealkylation sites (N-methyl/N-ethyl adjacent to an activating group) is 1. The van der Waals surface area contributed by atoms with Gasteiger partial charge < -0.3 is 83.8 Å². The van der Waals surface area contributed by atoms with Crippen molar-refractivity contribution in [1.82, 2.24) is 64.1 Å². The van der Waals surface area contributed by atoms with Gasteiger partial charge in [-0.05, 0) is 386 Å². The molecule has 0 aliphatic carbocycles. The number of phenols is 1. The Morgan fingerprint density at radius 1 is 0.458 bits per heavy atom. The lowest BCUT2D eigenvalue weighted by Crippen LogP contribution is -2.51. The van der Waals surface area contributed by atoms with Crippen molar-refractivity contribution in [1.29, 1.82) is 0 Å². The van der Waals surface area contributed by atoms with Gasteiger partial charge in [0.1, 0.15) is 23.0 Å². The van der Waals surface area contributed by atoms with E-state index >= 15 is 0 Å². The summed E-state index contributed by atoms with van der Waals surface area (Å²) in [6, 6.07) is 60.3. The Labute approximate surface area is 864 Å². The minimum atomic E-state index is -0.681. The number of para-hydroxylation sites is 1. The smallest absolute Gasteiger partial charge is 0.223 e. The Kier molecular flexibility index (Phi) is 41.1. The first-order valence-corrected chi connectivity index (χ1v) is 52.8. The molecule has 0 saturated carbocycles. The Hall–Kier alpha value is -8.28. The third kappa shape index (κ3) is 30.9. The molecule has 10 aliphatic heterocycles. The van der Waals surface area contributed by atoms with Crippen LogP contribution in [0.3, 0.4) is 0 Å². The first-order valence-electron chi connectivity index (χ1n) is 51.3. The molecule has 5 N–H and O–H groups in total. The zero-order valence-electron chi connectivity index (χ0n) is 86.7. The third-order valence-corrected chi connectivity index (χ3v) is 33.0. The number of hydrogen-bond donors (Lipinski definition) is 5. The molecule has 10 aliphatic rings. The summed E-state index contributed by atoms with van der Waals surface area (Å²) in [6.45, 7) is 29.8. The number of aromatic hydroxyl groups is 1. The fraction of sp³-hybridized carbons (Fsp3) is 0.530. The normalized spacial score (nSPS) is 24.7. The van der Waals surface area contributed by atoms with Crippen LogP contribution in [0.4, 0.5) is 14.5 Å². The number of rotatable bonds is 9. The van der Waals surface area contributed by atoms with Crippen molar-refractivity contribution in [2.24, 2.45) is 5.92 Å². The van der Waals surface area contributed by atoms with Gasteiger partial charge in [0.05, 0.1) is 28.8 Å². The maximum Gasteiger partial charge on any atom is 0.223 e. The van der Waals surface area contributed by atoms with E-state index < -0.39 is 22.3 Å². The van der Waals surface area contributed by atoms with Crippen molar-refractivity contribution in [3.8, 4) is 5.75 Å². The Morgan fingerprint density at radius 2 is 0.930 bits per heavy atom. The highest BCUT2D eigenvalue weighted by atomic mass is 35.5. The number of imidazole rings is 1. The number of carbonyl (C=O) groups excluding carboxylic acids is 2. The quantitative estimate of drug-likeness (QED) is 0.0912. The molecular formula is C115H158Cl4F2N14O7. The zero-order valence-corrected chi connectivity index (χ0v) is 89.8. The number of nitrogens with zero attached hydrogens (tertiary/aromatic N) is 13. The van der Waals surface area contributed by atoms with E-state index in [2.05, 4.69) is 191 Å². The lowest BCUT2D eigenvalue weighted by molar-refractivity contribution is -0.121. The van der Waals surface area contributed by atoms with E-state index in [0.717, 1.165) is 229 Å². The second kappa shape index (κ2) is 51.9. The summed E-state index contributed by atoms with van der Waals surface area (Å²) >= 11 is 23.4. The van der Waals surface area contributed by atoms with E-state index in [4.69, 9.17) is 50.9 Å². The van der Waals surface area contributed by atoms with E-state index in [0.29, 0.717) is 58.8 Å². The monoisotopic (exact) mass is 2030 g/mol. The number of likely N-dealkylation sites (tertiary alicyclic amines) is 9. The summed E-state index contributed by atoms with van der Waals surface area (Å²) < 4.78 is 33.9. The maximum absolute atomic E-state index is 13.4. The van der Waals surface area contributed by atoms with Crippen LogP contribution in [0.15, 0.2) is 211 Å². The summed E-state index contributed by atoms with van der Waals surface area (Å²) in [6.07, 6.45) is 23.2. The van der Waals surface area contributed by atoms with Crippen LogP contribution in [0.5, 0.6) is 5.75 Å². The van der Waals surface area contributed by atoms with Crippen LogP contribution in [0, 0.1) is 17.6 Å². The van der Waals surface area contributed by atoms with Gasteiger partial charge >= 0.3 is 0 Å². The molecule has 21 nitrogen and oxygen atoms in total. The average Bonchev–Trinajstić information content (AvgIpc) is 1.60. The van der Waals surface area contributed by atoms with Gasteiger partial charge in [-0.25, -0.2) is 13.8 Å². The number of aromatic nitrogens is 3. The largest absolute Gasteiger partial charge is 0.508 e.